The van der Waals surface area contributed by atoms with Crippen LogP contribution in [0.2, 0.25) is 0 Å². The lowest BCUT2D eigenvalue weighted by molar-refractivity contribution is -0.111. The van der Waals surface area contributed by atoms with Crippen LogP contribution in [0.25, 0.3) is 6.08 Å². The van der Waals surface area contributed by atoms with Gasteiger partial charge >= 0.3 is 5.97 Å². The number of amides is 1. The number of ether oxygens (including phenoxy) is 3. The van der Waals surface area contributed by atoms with Gasteiger partial charge in [-0.2, -0.15) is 0 Å². The lowest BCUT2D eigenvalue weighted by Gasteiger charge is -2.12. The maximum Gasteiger partial charge on any atom is 0.338 e. The Morgan fingerprint density at radius 1 is 0.875 bits per heavy atom. The summed E-state index contributed by atoms with van der Waals surface area (Å²) in [5.74, 6) is 0.732. The minimum absolute atomic E-state index is 0.274. The first-order valence-electron chi connectivity index (χ1n) is 11.2. The number of anilines is 1. The predicted molar refractivity (Wildman–Crippen MR) is 127 cm³/mol. The molecule has 0 unspecified atom stereocenters. The van der Waals surface area contributed by atoms with Gasteiger partial charge in [0.15, 0.2) is 11.5 Å². The van der Waals surface area contributed by atoms with Gasteiger partial charge < -0.3 is 19.5 Å². The number of hydrogen-bond acceptors (Lipinski definition) is 5. The molecule has 0 aliphatic heterocycles. The van der Waals surface area contributed by atoms with E-state index in [1.165, 1.54) is 6.08 Å². The van der Waals surface area contributed by atoms with Gasteiger partial charge in [-0.25, -0.2) is 4.79 Å². The molecule has 0 saturated heterocycles. The molecule has 0 aliphatic carbocycles. The van der Waals surface area contributed by atoms with Crippen LogP contribution in [-0.2, 0) is 9.53 Å². The number of rotatable bonds is 13. The molecular weight excluding hydrogens is 406 g/mol. The Morgan fingerprint density at radius 3 is 2.28 bits per heavy atom. The van der Waals surface area contributed by atoms with Crippen LogP contribution in [0, 0.1) is 0 Å². The third-order valence-electron chi connectivity index (χ3n) is 4.57. The molecule has 0 radical (unpaired) electrons. The fourth-order valence-electron chi connectivity index (χ4n) is 2.78. The summed E-state index contributed by atoms with van der Waals surface area (Å²) in [7, 11) is 0. The van der Waals surface area contributed by atoms with Crippen LogP contribution in [-0.4, -0.2) is 31.7 Å². The van der Waals surface area contributed by atoms with E-state index in [0.29, 0.717) is 42.6 Å². The average Bonchev–Trinajstić information content (AvgIpc) is 2.80. The highest BCUT2D eigenvalue weighted by Crippen LogP contribution is 2.29. The zero-order chi connectivity index (χ0) is 23.2. The number of carbonyl (C=O) groups is 2. The smallest absolute Gasteiger partial charge is 0.338 e. The van der Waals surface area contributed by atoms with E-state index in [0.717, 1.165) is 31.2 Å². The van der Waals surface area contributed by atoms with Gasteiger partial charge in [0.1, 0.15) is 0 Å². The van der Waals surface area contributed by atoms with Gasteiger partial charge in [-0.15, -0.1) is 0 Å². The molecule has 0 heterocycles. The quantitative estimate of drug-likeness (QED) is 0.240. The summed E-state index contributed by atoms with van der Waals surface area (Å²) in [6.45, 7) is 7.65. The van der Waals surface area contributed by atoms with Gasteiger partial charge in [0.05, 0.1) is 25.4 Å². The molecular formula is C26H33NO5. The van der Waals surface area contributed by atoms with Gasteiger partial charge in [-0.3, -0.25) is 4.79 Å². The number of nitrogens with one attached hydrogen (secondary N) is 1. The first-order chi connectivity index (χ1) is 15.6. The topological polar surface area (TPSA) is 73.9 Å². The van der Waals surface area contributed by atoms with E-state index in [9.17, 15) is 9.59 Å². The van der Waals surface area contributed by atoms with Crippen molar-refractivity contribution in [3.8, 4) is 11.5 Å². The Morgan fingerprint density at radius 2 is 1.59 bits per heavy atom. The van der Waals surface area contributed by atoms with Crippen LogP contribution in [0.4, 0.5) is 5.69 Å². The fourth-order valence-corrected chi connectivity index (χ4v) is 2.78. The Kier molecular flexibility index (Phi) is 10.9. The molecule has 172 valence electrons. The van der Waals surface area contributed by atoms with Crippen LogP contribution in [0.3, 0.4) is 0 Å². The van der Waals surface area contributed by atoms with Crippen molar-refractivity contribution in [2.24, 2.45) is 0 Å². The van der Waals surface area contributed by atoms with Crippen molar-refractivity contribution in [1.82, 2.24) is 0 Å². The van der Waals surface area contributed by atoms with Gasteiger partial charge in [-0.1, -0.05) is 32.8 Å². The number of benzene rings is 2. The van der Waals surface area contributed by atoms with Crippen molar-refractivity contribution in [2.75, 3.05) is 25.1 Å². The Hall–Kier alpha value is -3.28. The second-order valence-corrected chi connectivity index (χ2v) is 7.23. The Balaban J connectivity index is 1.95. The third kappa shape index (κ3) is 8.46. The Bertz CT molecular complexity index is 890. The third-order valence-corrected chi connectivity index (χ3v) is 4.57. The molecule has 0 aromatic heterocycles. The minimum atomic E-state index is -0.358. The molecule has 0 spiro atoms. The first-order valence-corrected chi connectivity index (χ1v) is 11.2. The van der Waals surface area contributed by atoms with Crippen molar-refractivity contribution < 1.29 is 23.8 Å². The zero-order valence-corrected chi connectivity index (χ0v) is 19.2. The molecule has 1 N–H and O–H groups in total. The highest BCUT2D eigenvalue weighted by atomic mass is 16.5. The summed E-state index contributed by atoms with van der Waals surface area (Å²) in [6, 6.07) is 12.2. The highest BCUT2D eigenvalue weighted by molar-refractivity contribution is 6.02. The van der Waals surface area contributed by atoms with E-state index < -0.39 is 0 Å². The molecule has 0 fully saturated rings. The van der Waals surface area contributed by atoms with Crippen LogP contribution in [0.5, 0.6) is 11.5 Å². The van der Waals surface area contributed by atoms with E-state index >= 15 is 0 Å². The number of unbranched alkanes of at least 4 members (excludes halogenated alkanes) is 2. The van der Waals surface area contributed by atoms with E-state index in [-0.39, 0.29) is 11.9 Å². The standard InChI is InChI=1S/C26H33NO5/c1-4-7-17-31-23-15-9-20(19-24(23)30-6-3)10-16-25(28)27-22-13-11-21(12-14-22)26(29)32-18-8-5-2/h9-16,19H,4-8,17-18H2,1-3H3,(H,27,28)/b16-10+. The van der Waals surface area contributed by atoms with Crippen molar-refractivity contribution >= 4 is 23.6 Å². The average molecular weight is 440 g/mol. The molecule has 2 rings (SSSR count). The highest BCUT2D eigenvalue weighted by Gasteiger charge is 2.08. The molecule has 2 aromatic carbocycles. The summed E-state index contributed by atoms with van der Waals surface area (Å²) < 4.78 is 16.6. The van der Waals surface area contributed by atoms with Crippen LogP contribution >= 0.6 is 0 Å². The van der Waals surface area contributed by atoms with Gasteiger partial charge in [0, 0.05) is 11.8 Å². The maximum absolute atomic E-state index is 12.3. The second kappa shape index (κ2) is 13.9. The monoisotopic (exact) mass is 439 g/mol. The van der Waals surface area contributed by atoms with E-state index in [1.807, 2.05) is 32.0 Å². The van der Waals surface area contributed by atoms with Crippen molar-refractivity contribution in [1.29, 1.82) is 0 Å². The molecule has 0 bridgehead atoms. The second-order valence-electron chi connectivity index (χ2n) is 7.23. The molecule has 0 atom stereocenters. The Labute approximate surface area is 190 Å². The van der Waals surface area contributed by atoms with Crippen LogP contribution < -0.4 is 14.8 Å². The summed E-state index contributed by atoms with van der Waals surface area (Å²) >= 11 is 0. The predicted octanol–water partition coefficient (Wildman–Crippen LogP) is 5.87. The van der Waals surface area contributed by atoms with Crippen LogP contribution in [0.15, 0.2) is 48.5 Å². The lowest BCUT2D eigenvalue weighted by Crippen LogP contribution is -2.09. The van der Waals surface area contributed by atoms with Crippen molar-refractivity contribution in [3.05, 3.63) is 59.7 Å². The largest absolute Gasteiger partial charge is 0.490 e. The molecule has 6 heteroatoms. The molecule has 32 heavy (non-hydrogen) atoms. The number of esters is 1. The van der Waals surface area contributed by atoms with E-state index in [2.05, 4.69) is 12.2 Å². The van der Waals surface area contributed by atoms with Gasteiger partial charge in [0.2, 0.25) is 5.91 Å². The number of hydrogen-bond donors (Lipinski definition) is 1. The van der Waals surface area contributed by atoms with Crippen molar-refractivity contribution in [2.45, 2.75) is 46.5 Å². The zero-order valence-electron chi connectivity index (χ0n) is 19.2. The summed E-state index contributed by atoms with van der Waals surface area (Å²) in [5.41, 5.74) is 1.88. The van der Waals surface area contributed by atoms with Crippen LogP contribution in [0.1, 0.15) is 62.4 Å². The molecule has 2 aromatic rings. The molecule has 0 saturated carbocycles. The lowest BCUT2D eigenvalue weighted by atomic mass is 10.1. The SMILES string of the molecule is CCCCOC(=O)c1ccc(NC(=O)/C=C/c2ccc(OCCCC)c(OCC)c2)cc1. The summed E-state index contributed by atoms with van der Waals surface area (Å²) in [5, 5.41) is 2.78. The van der Waals surface area contributed by atoms with Crippen molar-refractivity contribution in [3.63, 3.8) is 0 Å². The molecule has 6 nitrogen and oxygen atoms in total. The fraction of sp³-hybridized carbons (Fsp3) is 0.385. The first kappa shape index (κ1) is 25.0. The molecule has 1 amide bonds. The molecule has 0 aliphatic rings. The van der Waals surface area contributed by atoms with Gasteiger partial charge in [-0.05, 0) is 67.8 Å². The normalized spacial score (nSPS) is 10.7. The van der Waals surface area contributed by atoms with E-state index in [1.54, 1.807) is 30.3 Å². The summed E-state index contributed by atoms with van der Waals surface area (Å²) in [4.78, 5) is 24.2. The maximum atomic E-state index is 12.3. The minimum Gasteiger partial charge on any atom is -0.490 e. The van der Waals surface area contributed by atoms with Gasteiger partial charge in [0.25, 0.3) is 0 Å². The van der Waals surface area contributed by atoms with E-state index in [4.69, 9.17) is 14.2 Å². The number of carbonyl (C=O) groups excluding carboxylic acids is 2. The summed E-state index contributed by atoms with van der Waals surface area (Å²) in [6.07, 6.45) is 7.02.